The summed E-state index contributed by atoms with van der Waals surface area (Å²) in [7, 11) is 1.81. The minimum absolute atomic E-state index is 0. The van der Waals surface area contributed by atoms with Gasteiger partial charge in [0.15, 0.2) is 0 Å². The van der Waals surface area contributed by atoms with Crippen molar-refractivity contribution in [2.24, 2.45) is 13.0 Å². The highest BCUT2D eigenvalue weighted by atomic mass is 127. The highest BCUT2D eigenvalue weighted by Gasteiger charge is 2.61. The zero-order valence-corrected chi connectivity index (χ0v) is 13.7. The first-order chi connectivity index (χ1) is 9.03. The lowest BCUT2D eigenvalue weighted by atomic mass is 10.2. The third-order valence-corrected chi connectivity index (χ3v) is 3.27. The van der Waals surface area contributed by atoms with Crippen LogP contribution in [0.25, 0.3) is 0 Å². The van der Waals surface area contributed by atoms with Gasteiger partial charge in [0.05, 0.1) is 13.7 Å². The van der Waals surface area contributed by atoms with Gasteiger partial charge in [0.2, 0.25) is 0 Å². The third kappa shape index (κ3) is 3.02. The van der Waals surface area contributed by atoms with E-state index in [1.54, 1.807) is 36.3 Å². The fraction of sp³-hybridized carbons (Fsp3) is 0.462. The lowest BCUT2D eigenvalue weighted by molar-refractivity contribution is -0.670. The van der Waals surface area contributed by atoms with Gasteiger partial charge in [-0.1, -0.05) is 6.08 Å². The summed E-state index contributed by atoms with van der Waals surface area (Å²) in [4.78, 5) is 24.0. The van der Waals surface area contributed by atoms with Gasteiger partial charge in [-0.2, -0.15) is 4.57 Å². The number of carbonyl (C=O) groups excluding carboxylic acids is 2. The minimum Gasteiger partial charge on any atom is -1.00 e. The number of hydrogen-bond acceptors (Lipinski definition) is 3. The number of nitrogens with zero attached hydrogens (tertiary/aromatic N) is 2. The molecule has 1 N–H and O–H groups in total. The van der Waals surface area contributed by atoms with Gasteiger partial charge in [0.25, 0.3) is 6.33 Å². The second-order valence-corrected chi connectivity index (χ2v) is 4.65. The molecule has 1 amide bonds. The van der Waals surface area contributed by atoms with E-state index in [9.17, 15) is 9.59 Å². The third-order valence-electron chi connectivity index (χ3n) is 3.27. The second kappa shape index (κ2) is 6.38. The molecule has 1 heterocycles. The predicted octanol–water partition coefficient (Wildman–Crippen LogP) is -2.62. The van der Waals surface area contributed by atoms with Crippen molar-refractivity contribution >= 4 is 12.0 Å². The predicted molar refractivity (Wildman–Crippen MR) is 67.2 cm³/mol. The molecule has 1 aliphatic rings. The number of rotatable bonds is 4. The highest BCUT2D eigenvalue weighted by molar-refractivity contribution is 5.91. The maximum Gasteiger partial charge on any atom is 0.414 e. The Bertz CT molecular complexity index is 529. The number of nitrogens with one attached hydrogen (secondary N) is 1. The van der Waals surface area contributed by atoms with Crippen LogP contribution in [0.4, 0.5) is 4.79 Å². The SMILES string of the molecule is C=CC1CC1(NC(=O)n1cc[n+](C)c1)C(=O)OCC.[I-]. The minimum atomic E-state index is -0.947. The van der Waals surface area contributed by atoms with E-state index in [0.29, 0.717) is 13.0 Å². The van der Waals surface area contributed by atoms with E-state index >= 15 is 0 Å². The molecule has 7 heteroatoms. The molecule has 20 heavy (non-hydrogen) atoms. The van der Waals surface area contributed by atoms with Crippen LogP contribution in [-0.2, 0) is 16.6 Å². The fourth-order valence-corrected chi connectivity index (χ4v) is 2.09. The van der Waals surface area contributed by atoms with E-state index < -0.39 is 11.5 Å². The summed E-state index contributed by atoms with van der Waals surface area (Å²) in [6, 6.07) is -0.349. The standard InChI is InChI=1S/C13H17N3O3.HI/c1-4-10-8-13(10,11(17)19-5-2)14-12(18)16-7-6-15(3)9-16;/h4,6-7,9-10H,1,5,8H2,2-3H3;1H. The molecule has 0 spiro atoms. The van der Waals surface area contributed by atoms with Crippen LogP contribution in [0.5, 0.6) is 0 Å². The van der Waals surface area contributed by atoms with E-state index in [2.05, 4.69) is 11.9 Å². The van der Waals surface area contributed by atoms with E-state index in [1.807, 2.05) is 7.05 Å². The number of imidazole rings is 1. The van der Waals surface area contributed by atoms with Crippen molar-refractivity contribution in [3.8, 4) is 0 Å². The number of halogens is 1. The first-order valence-corrected chi connectivity index (χ1v) is 6.19. The average molecular weight is 391 g/mol. The van der Waals surface area contributed by atoms with Crippen molar-refractivity contribution in [3.63, 3.8) is 0 Å². The van der Waals surface area contributed by atoms with Crippen molar-refractivity contribution in [2.75, 3.05) is 6.61 Å². The number of aromatic nitrogens is 2. The molecular formula is C13H18IN3O3. The van der Waals surface area contributed by atoms with E-state index in [-0.39, 0.29) is 35.9 Å². The first kappa shape index (κ1) is 16.7. The highest BCUT2D eigenvalue weighted by Crippen LogP contribution is 2.45. The quantitative estimate of drug-likeness (QED) is 0.265. The van der Waals surface area contributed by atoms with E-state index in [1.165, 1.54) is 4.57 Å². The van der Waals surface area contributed by atoms with Crippen molar-refractivity contribution in [3.05, 3.63) is 31.4 Å². The Kier molecular flexibility index (Phi) is 5.32. The zero-order valence-electron chi connectivity index (χ0n) is 11.5. The Morgan fingerprint density at radius 3 is 2.80 bits per heavy atom. The molecule has 0 bridgehead atoms. The van der Waals surface area contributed by atoms with Gasteiger partial charge in [-0.3, -0.25) is 0 Å². The molecule has 6 nitrogen and oxygen atoms in total. The molecule has 1 aromatic heterocycles. The Morgan fingerprint density at radius 1 is 1.65 bits per heavy atom. The Labute approximate surface area is 134 Å². The molecule has 1 saturated carbocycles. The first-order valence-electron chi connectivity index (χ1n) is 6.19. The molecule has 1 aliphatic carbocycles. The monoisotopic (exact) mass is 391 g/mol. The largest absolute Gasteiger partial charge is 1.00 e. The normalized spacial score (nSPS) is 23.4. The zero-order chi connectivity index (χ0) is 14.0. The number of amides is 1. The molecular weight excluding hydrogens is 373 g/mol. The Balaban J connectivity index is 0.00000200. The summed E-state index contributed by atoms with van der Waals surface area (Å²) in [5.41, 5.74) is -0.947. The van der Waals surface area contributed by atoms with Gasteiger partial charge < -0.3 is 34.0 Å². The number of ether oxygens (including phenoxy) is 1. The van der Waals surface area contributed by atoms with Crippen LogP contribution in [0.15, 0.2) is 31.4 Å². The number of hydrogen-bond donors (Lipinski definition) is 1. The van der Waals surface area contributed by atoms with Crippen LogP contribution in [-0.4, -0.2) is 28.7 Å². The lowest BCUT2D eigenvalue weighted by Crippen LogP contribution is -3.00. The van der Waals surface area contributed by atoms with Gasteiger partial charge >= 0.3 is 12.0 Å². The fourth-order valence-electron chi connectivity index (χ4n) is 2.09. The second-order valence-electron chi connectivity index (χ2n) is 4.65. The Hall–Kier alpha value is -1.38. The maximum atomic E-state index is 12.1. The summed E-state index contributed by atoms with van der Waals surface area (Å²) in [6.07, 6.45) is 7.20. The summed E-state index contributed by atoms with van der Waals surface area (Å²) < 4.78 is 8.16. The maximum absolute atomic E-state index is 12.1. The molecule has 1 fully saturated rings. The van der Waals surface area contributed by atoms with Crippen LogP contribution in [0.1, 0.15) is 13.3 Å². The van der Waals surface area contributed by atoms with Gasteiger partial charge in [0, 0.05) is 5.92 Å². The molecule has 1 aromatic rings. The Morgan fingerprint density at radius 2 is 2.35 bits per heavy atom. The number of carbonyl (C=O) groups is 2. The summed E-state index contributed by atoms with van der Waals surface area (Å²) in [5, 5.41) is 2.75. The molecule has 2 atom stereocenters. The van der Waals surface area contributed by atoms with E-state index in [4.69, 9.17) is 4.74 Å². The van der Waals surface area contributed by atoms with Crippen LogP contribution >= 0.6 is 0 Å². The van der Waals surface area contributed by atoms with E-state index in [0.717, 1.165) is 0 Å². The number of esters is 1. The van der Waals surface area contributed by atoms with Gasteiger partial charge in [-0.15, -0.1) is 6.58 Å². The van der Waals surface area contributed by atoms with Crippen LogP contribution in [0.3, 0.4) is 0 Å². The molecule has 0 saturated heterocycles. The molecule has 110 valence electrons. The van der Waals surface area contributed by atoms with Gasteiger partial charge in [0.1, 0.15) is 17.9 Å². The van der Waals surface area contributed by atoms with Crippen molar-refractivity contribution in [1.29, 1.82) is 0 Å². The van der Waals surface area contributed by atoms with Crippen LogP contribution in [0.2, 0.25) is 0 Å². The van der Waals surface area contributed by atoms with Crippen molar-refractivity contribution in [1.82, 2.24) is 9.88 Å². The van der Waals surface area contributed by atoms with Crippen LogP contribution in [0, 0.1) is 5.92 Å². The molecule has 2 rings (SSSR count). The molecule has 0 aliphatic heterocycles. The number of aryl methyl sites for hydroxylation is 1. The summed E-state index contributed by atoms with van der Waals surface area (Å²) in [6.45, 7) is 5.71. The average Bonchev–Trinajstić information content (AvgIpc) is 2.92. The molecule has 0 radical (unpaired) electrons. The molecule has 0 aromatic carbocycles. The summed E-state index contributed by atoms with van der Waals surface area (Å²) >= 11 is 0. The van der Waals surface area contributed by atoms with Gasteiger partial charge in [-0.25, -0.2) is 14.2 Å². The van der Waals surface area contributed by atoms with Gasteiger partial charge in [-0.05, 0) is 13.3 Å². The van der Waals surface area contributed by atoms with Crippen molar-refractivity contribution in [2.45, 2.75) is 18.9 Å². The smallest absolute Gasteiger partial charge is 0.414 e. The van der Waals surface area contributed by atoms with Crippen molar-refractivity contribution < 1.29 is 42.9 Å². The van der Waals surface area contributed by atoms with Crippen LogP contribution < -0.4 is 33.9 Å². The summed E-state index contributed by atoms with van der Waals surface area (Å²) in [5.74, 6) is -0.468. The topological polar surface area (TPSA) is 64.2 Å². The molecule has 2 unspecified atom stereocenters. The lowest BCUT2D eigenvalue weighted by Gasteiger charge is -2.15.